The molecule has 1 atom stereocenters. The molecule has 0 aliphatic carbocycles. The monoisotopic (exact) mass is 529 g/mol. The van der Waals surface area contributed by atoms with E-state index in [-0.39, 0.29) is 27.1 Å². The Morgan fingerprint density at radius 1 is 1.24 bits per heavy atom. The van der Waals surface area contributed by atoms with E-state index in [0.29, 0.717) is 25.2 Å². The highest BCUT2D eigenvalue weighted by molar-refractivity contribution is 9.10. The molecule has 2 aromatic rings. The van der Waals surface area contributed by atoms with Crippen molar-refractivity contribution in [1.29, 1.82) is 0 Å². The van der Waals surface area contributed by atoms with Crippen LogP contribution in [0.3, 0.4) is 0 Å². The highest BCUT2D eigenvalue weighted by atomic mass is 79.9. The fourth-order valence-corrected chi connectivity index (χ4v) is 4.56. The van der Waals surface area contributed by atoms with E-state index < -0.39 is 12.3 Å². The maximum Gasteiger partial charge on any atom is 0.573 e. The second-order valence-electron chi connectivity index (χ2n) is 8.21. The Morgan fingerprint density at radius 2 is 1.94 bits per heavy atom. The Hall–Kier alpha value is -2.59. The van der Waals surface area contributed by atoms with Crippen molar-refractivity contribution >= 4 is 33.5 Å². The van der Waals surface area contributed by atoms with Gasteiger partial charge in [-0.25, -0.2) is 4.79 Å². The van der Waals surface area contributed by atoms with Gasteiger partial charge in [0.2, 0.25) is 5.91 Å². The number of carbonyl (C=O) groups excluding carboxylic acids is 1. The zero-order chi connectivity index (χ0) is 24.2. The Morgan fingerprint density at radius 3 is 2.52 bits per heavy atom. The van der Waals surface area contributed by atoms with Crippen LogP contribution in [-0.4, -0.2) is 36.4 Å². The van der Waals surface area contributed by atoms with Crippen molar-refractivity contribution in [3.8, 4) is 5.75 Å². The van der Waals surface area contributed by atoms with Gasteiger partial charge >= 0.3 is 12.3 Å². The van der Waals surface area contributed by atoms with Crippen LogP contribution in [0.1, 0.15) is 42.1 Å². The van der Waals surface area contributed by atoms with Crippen LogP contribution in [0, 0.1) is 5.41 Å². The number of aromatic carboxylic acids is 1. The smallest absolute Gasteiger partial charge is 0.478 e. The highest BCUT2D eigenvalue weighted by Gasteiger charge is 2.42. The average molecular weight is 530 g/mol. The van der Waals surface area contributed by atoms with Crippen LogP contribution in [-0.2, 0) is 11.3 Å². The van der Waals surface area contributed by atoms with Crippen molar-refractivity contribution in [3.05, 3.63) is 58.1 Å². The first-order valence-electron chi connectivity index (χ1n) is 10.5. The summed E-state index contributed by atoms with van der Waals surface area (Å²) in [7, 11) is 0. The van der Waals surface area contributed by atoms with E-state index in [1.54, 1.807) is 29.2 Å². The fourth-order valence-electron chi connectivity index (χ4n) is 4.05. The van der Waals surface area contributed by atoms with Gasteiger partial charge in [-0.2, -0.15) is 0 Å². The van der Waals surface area contributed by atoms with Crippen LogP contribution in [0.2, 0.25) is 0 Å². The summed E-state index contributed by atoms with van der Waals surface area (Å²) < 4.78 is 41.4. The molecule has 178 valence electrons. The summed E-state index contributed by atoms with van der Waals surface area (Å²) in [5.41, 5.74) is 1.54. The van der Waals surface area contributed by atoms with Gasteiger partial charge in [0.1, 0.15) is 12.3 Å². The minimum atomic E-state index is -4.74. The molecule has 3 N–H and O–H groups in total. The van der Waals surface area contributed by atoms with E-state index in [1.165, 1.54) is 18.2 Å². The SMILES string of the molecule is CCC1(CC[NH2+]Cc2ccc(OC(F)(F)F)c(Br)c2)CC(=O)N(c2ccc(C(=O)O)cc2)C1. The lowest BCUT2D eigenvalue weighted by Gasteiger charge is -2.26. The van der Waals surface area contributed by atoms with Crippen molar-refractivity contribution < 1.29 is 37.9 Å². The topological polar surface area (TPSA) is 83.5 Å². The van der Waals surface area contributed by atoms with Gasteiger partial charge < -0.3 is 20.1 Å². The molecule has 0 aromatic heterocycles. The van der Waals surface area contributed by atoms with Crippen LogP contribution >= 0.6 is 15.9 Å². The number of benzene rings is 2. The number of hydrogen-bond acceptors (Lipinski definition) is 3. The largest absolute Gasteiger partial charge is 0.573 e. The molecular weight excluding hydrogens is 505 g/mol. The van der Waals surface area contributed by atoms with Gasteiger partial charge in [0, 0.05) is 36.1 Å². The number of anilines is 1. The van der Waals surface area contributed by atoms with Crippen molar-refractivity contribution in [3.63, 3.8) is 0 Å². The summed E-state index contributed by atoms with van der Waals surface area (Å²) in [6, 6.07) is 10.8. The molecule has 6 nitrogen and oxygen atoms in total. The van der Waals surface area contributed by atoms with Gasteiger partial charge in [0.15, 0.2) is 0 Å². The molecule has 0 radical (unpaired) electrons. The molecule has 1 aliphatic heterocycles. The van der Waals surface area contributed by atoms with Gasteiger partial charge in [-0.1, -0.05) is 6.92 Å². The van der Waals surface area contributed by atoms with Gasteiger partial charge in [0.25, 0.3) is 0 Å². The molecule has 1 aliphatic rings. The fraction of sp³-hybridized carbons (Fsp3) is 0.391. The first-order valence-corrected chi connectivity index (χ1v) is 11.3. The molecular formula is C23H25BrF3N2O4+. The molecule has 10 heteroatoms. The van der Waals surface area contributed by atoms with Crippen molar-refractivity contribution in [2.75, 3.05) is 18.0 Å². The molecule has 1 unspecified atom stereocenters. The van der Waals surface area contributed by atoms with Crippen LogP contribution in [0.15, 0.2) is 46.9 Å². The first-order chi connectivity index (χ1) is 15.5. The van der Waals surface area contributed by atoms with Gasteiger partial charge in [-0.05, 0) is 64.8 Å². The number of ether oxygens (including phenoxy) is 1. The van der Waals surface area contributed by atoms with E-state index in [1.807, 2.05) is 0 Å². The van der Waals surface area contributed by atoms with Gasteiger partial charge in [-0.3, -0.25) is 4.79 Å². The third kappa shape index (κ3) is 6.48. The number of amides is 1. The normalized spacial score (nSPS) is 18.6. The summed E-state index contributed by atoms with van der Waals surface area (Å²) in [6.07, 6.45) is -2.69. The molecule has 1 saturated heterocycles. The quantitative estimate of drug-likeness (QED) is 0.473. The van der Waals surface area contributed by atoms with Crippen molar-refractivity contribution in [1.82, 2.24) is 0 Å². The molecule has 3 rings (SSSR count). The zero-order valence-corrected chi connectivity index (χ0v) is 19.6. The number of nitrogens with zero attached hydrogens (tertiary/aromatic N) is 1. The maximum absolute atomic E-state index is 12.7. The predicted octanol–water partition coefficient (Wildman–Crippen LogP) is 4.33. The molecule has 33 heavy (non-hydrogen) atoms. The number of carbonyl (C=O) groups is 2. The third-order valence-electron chi connectivity index (χ3n) is 5.98. The lowest BCUT2D eigenvalue weighted by molar-refractivity contribution is -0.672. The number of halogens is 4. The summed E-state index contributed by atoms with van der Waals surface area (Å²) >= 11 is 3.12. The molecule has 1 fully saturated rings. The second kappa shape index (κ2) is 10.1. The molecule has 0 bridgehead atoms. The maximum atomic E-state index is 12.7. The number of alkyl halides is 3. The third-order valence-corrected chi connectivity index (χ3v) is 6.60. The van der Waals surface area contributed by atoms with Gasteiger partial charge in [-0.15, -0.1) is 13.2 Å². The summed E-state index contributed by atoms with van der Waals surface area (Å²) in [5, 5.41) is 11.1. The number of nitrogens with two attached hydrogens (primary N) is 1. The van der Waals surface area contributed by atoms with Gasteiger partial charge in [0.05, 0.1) is 16.6 Å². The lowest BCUT2D eigenvalue weighted by Crippen LogP contribution is -2.83. The van der Waals surface area contributed by atoms with Crippen LogP contribution in [0.25, 0.3) is 0 Å². The summed E-state index contributed by atoms with van der Waals surface area (Å²) in [6.45, 7) is 3.96. The number of hydrogen-bond donors (Lipinski definition) is 2. The standard InChI is InChI=1S/C23H24BrF3N2O4/c1-2-22(12-20(30)29(14-22)17-6-4-16(5-7-17)21(31)32)9-10-28-13-15-3-8-19(18(24)11-15)33-23(25,26)27/h3-8,11,28H,2,9-10,12-14H2,1H3,(H,31,32)/p+1. The Kier molecular flexibility index (Phi) is 7.69. The van der Waals surface area contributed by atoms with Crippen LogP contribution in [0.5, 0.6) is 5.75 Å². The zero-order valence-electron chi connectivity index (χ0n) is 18.0. The lowest BCUT2D eigenvalue weighted by atomic mass is 9.81. The molecule has 1 amide bonds. The van der Waals surface area contributed by atoms with E-state index in [9.17, 15) is 22.8 Å². The molecule has 0 saturated carbocycles. The van der Waals surface area contributed by atoms with Crippen molar-refractivity contribution in [2.45, 2.75) is 39.1 Å². The number of carboxylic acid groups (broad SMARTS) is 1. The van der Waals surface area contributed by atoms with E-state index in [4.69, 9.17) is 5.11 Å². The number of carboxylic acids is 1. The van der Waals surface area contributed by atoms with Crippen LogP contribution < -0.4 is 15.0 Å². The number of quaternary nitrogens is 1. The summed E-state index contributed by atoms with van der Waals surface area (Å²) in [5.74, 6) is -1.27. The summed E-state index contributed by atoms with van der Waals surface area (Å²) in [4.78, 5) is 25.5. The molecule has 1 heterocycles. The highest BCUT2D eigenvalue weighted by Crippen LogP contribution is 2.39. The van der Waals surface area contributed by atoms with E-state index in [0.717, 1.165) is 24.9 Å². The Balaban J connectivity index is 1.55. The van der Waals surface area contributed by atoms with Crippen LogP contribution in [0.4, 0.5) is 18.9 Å². The second-order valence-corrected chi connectivity index (χ2v) is 9.06. The molecule has 0 spiro atoms. The Labute approximate surface area is 197 Å². The minimum absolute atomic E-state index is 0.0177. The first kappa shape index (κ1) is 25.0. The molecule has 2 aromatic carbocycles. The average Bonchev–Trinajstić information content (AvgIpc) is 3.09. The van der Waals surface area contributed by atoms with E-state index >= 15 is 0 Å². The number of rotatable bonds is 9. The van der Waals surface area contributed by atoms with E-state index in [2.05, 4.69) is 32.9 Å². The Bertz CT molecular complexity index is 1010. The van der Waals surface area contributed by atoms with Crippen molar-refractivity contribution in [2.24, 2.45) is 5.41 Å². The predicted molar refractivity (Wildman–Crippen MR) is 119 cm³/mol. The minimum Gasteiger partial charge on any atom is -0.478 e.